The van der Waals surface area contributed by atoms with E-state index >= 15 is 0 Å². The van der Waals surface area contributed by atoms with Crippen LogP contribution in [0, 0.1) is 0 Å². The zero-order valence-electron chi connectivity index (χ0n) is 11.9. The van der Waals surface area contributed by atoms with Crippen molar-refractivity contribution in [3.8, 4) is 0 Å². The Hall–Kier alpha value is -2.61. The average molecular weight is 274 g/mol. The van der Waals surface area contributed by atoms with Crippen LogP contribution in [0.15, 0.2) is 84.9 Å². The van der Waals surface area contributed by atoms with Crippen LogP contribution in [0.5, 0.6) is 0 Å². The highest BCUT2D eigenvalue weighted by molar-refractivity contribution is 5.54. The first-order chi connectivity index (χ1) is 10.4. The van der Waals surface area contributed by atoms with Crippen LogP contribution >= 0.6 is 0 Å². The molecule has 2 aromatic rings. The van der Waals surface area contributed by atoms with Crippen LogP contribution in [-0.4, -0.2) is 16.4 Å². The number of benzene rings is 1. The number of allylic oxidation sites excluding steroid dienone is 3. The van der Waals surface area contributed by atoms with Gasteiger partial charge in [0.25, 0.3) is 0 Å². The monoisotopic (exact) mass is 274 g/mol. The molecule has 2 heterocycles. The average Bonchev–Trinajstić information content (AvgIpc) is 2.56. The van der Waals surface area contributed by atoms with Crippen LogP contribution in [0.2, 0.25) is 0 Å². The Balaban J connectivity index is 1.58. The quantitative estimate of drug-likeness (QED) is 0.836. The van der Waals surface area contributed by atoms with Crippen molar-refractivity contribution in [2.75, 3.05) is 6.54 Å². The van der Waals surface area contributed by atoms with Crippen LogP contribution in [0.1, 0.15) is 11.1 Å². The largest absolute Gasteiger partial charge is 0.369 e. The maximum atomic E-state index is 4.02. The maximum absolute atomic E-state index is 4.02. The Morgan fingerprint density at radius 2 is 1.81 bits per heavy atom. The molecule has 1 aliphatic heterocycles. The van der Waals surface area contributed by atoms with Crippen molar-refractivity contribution in [1.29, 1.82) is 0 Å². The summed E-state index contributed by atoms with van der Waals surface area (Å²) < 4.78 is 0. The third-order valence-electron chi connectivity index (χ3n) is 3.44. The van der Waals surface area contributed by atoms with E-state index in [9.17, 15) is 0 Å². The molecule has 21 heavy (non-hydrogen) atoms. The van der Waals surface area contributed by atoms with Gasteiger partial charge in [-0.3, -0.25) is 4.98 Å². The van der Waals surface area contributed by atoms with Gasteiger partial charge in [0, 0.05) is 31.7 Å². The molecule has 0 saturated carbocycles. The lowest BCUT2D eigenvalue weighted by Gasteiger charge is -2.22. The zero-order valence-corrected chi connectivity index (χ0v) is 11.9. The molecule has 3 rings (SSSR count). The Morgan fingerprint density at radius 1 is 1.00 bits per heavy atom. The van der Waals surface area contributed by atoms with E-state index in [-0.39, 0.29) is 0 Å². The molecule has 0 N–H and O–H groups in total. The highest BCUT2D eigenvalue weighted by atomic mass is 15.1. The van der Waals surface area contributed by atoms with E-state index in [1.54, 1.807) is 0 Å². The standard InChI is InChI=1S/C19H18N2/c1-2-4-19(5-3-1)16-21-14-10-18(11-15-21)7-6-17-8-12-20-13-9-17/h1-14H,15-16H2. The Labute approximate surface area is 125 Å². The van der Waals surface area contributed by atoms with Crippen LogP contribution in [0.25, 0.3) is 6.08 Å². The summed E-state index contributed by atoms with van der Waals surface area (Å²) >= 11 is 0. The first kappa shape index (κ1) is 13.4. The topological polar surface area (TPSA) is 16.1 Å². The predicted molar refractivity (Wildman–Crippen MR) is 87.3 cm³/mol. The van der Waals surface area contributed by atoms with Gasteiger partial charge in [-0.05, 0) is 34.9 Å². The molecule has 0 amide bonds. The predicted octanol–water partition coefficient (Wildman–Crippen LogP) is 4.05. The highest BCUT2D eigenvalue weighted by Crippen LogP contribution is 2.13. The Bertz CT molecular complexity index is 654. The summed E-state index contributed by atoms with van der Waals surface area (Å²) in [7, 11) is 0. The number of aromatic nitrogens is 1. The summed E-state index contributed by atoms with van der Waals surface area (Å²) in [5.41, 5.74) is 3.76. The van der Waals surface area contributed by atoms with Crippen LogP contribution in [-0.2, 0) is 6.54 Å². The minimum absolute atomic E-state index is 0.946. The summed E-state index contributed by atoms with van der Waals surface area (Å²) in [6, 6.07) is 14.6. The summed E-state index contributed by atoms with van der Waals surface area (Å²) in [5.74, 6) is 0. The fourth-order valence-electron chi connectivity index (χ4n) is 2.27. The van der Waals surface area contributed by atoms with Gasteiger partial charge in [0.05, 0.1) is 0 Å². The lowest BCUT2D eigenvalue weighted by molar-refractivity contribution is 0.404. The number of nitrogens with zero attached hydrogens (tertiary/aromatic N) is 2. The second kappa shape index (κ2) is 6.71. The van der Waals surface area contributed by atoms with Crippen molar-refractivity contribution in [3.63, 3.8) is 0 Å². The summed E-state index contributed by atoms with van der Waals surface area (Å²) in [4.78, 5) is 6.33. The fraction of sp³-hybridized carbons (Fsp3) is 0.105. The van der Waals surface area contributed by atoms with Crippen molar-refractivity contribution in [2.24, 2.45) is 0 Å². The molecule has 1 aliphatic rings. The van der Waals surface area contributed by atoms with Gasteiger partial charge in [0.1, 0.15) is 0 Å². The van der Waals surface area contributed by atoms with Crippen molar-refractivity contribution < 1.29 is 0 Å². The van der Waals surface area contributed by atoms with Gasteiger partial charge >= 0.3 is 0 Å². The molecule has 1 aromatic heterocycles. The second-order valence-corrected chi connectivity index (χ2v) is 5.05. The third kappa shape index (κ3) is 3.93. The molecule has 0 aliphatic carbocycles. The molecule has 104 valence electrons. The molecule has 0 spiro atoms. The second-order valence-electron chi connectivity index (χ2n) is 5.05. The van der Waals surface area contributed by atoms with Crippen LogP contribution in [0.3, 0.4) is 0 Å². The van der Waals surface area contributed by atoms with E-state index in [1.807, 2.05) is 24.5 Å². The van der Waals surface area contributed by atoms with Gasteiger partial charge in [0.15, 0.2) is 0 Å². The summed E-state index contributed by atoms with van der Waals surface area (Å²) in [6.45, 7) is 1.90. The number of rotatable bonds is 4. The SMILES string of the molecule is C(=Cc1ccncc1)C1=CCN(Cc2ccccc2)C=C1. The van der Waals surface area contributed by atoms with Gasteiger partial charge in [-0.2, -0.15) is 0 Å². The third-order valence-corrected chi connectivity index (χ3v) is 3.44. The zero-order chi connectivity index (χ0) is 14.3. The minimum Gasteiger partial charge on any atom is -0.369 e. The normalized spacial score (nSPS) is 14.5. The van der Waals surface area contributed by atoms with Gasteiger partial charge in [-0.25, -0.2) is 0 Å². The van der Waals surface area contributed by atoms with Crippen molar-refractivity contribution in [3.05, 3.63) is 96.0 Å². The lowest BCUT2D eigenvalue weighted by atomic mass is 10.1. The van der Waals surface area contributed by atoms with E-state index in [1.165, 1.54) is 16.7 Å². The van der Waals surface area contributed by atoms with Gasteiger partial charge in [-0.15, -0.1) is 0 Å². The van der Waals surface area contributed by atoms with Crippen LogP contribution < -0.4 is 0 Å². The Morgan fingerprint density at radius 3 is 2.52 bits per heavy atom. The number of hydrogen-bond donors (Lipinski definition) is 0. The van der Waals surface area contributed by atoms with E-state index in [0.717, 1.165) is 13.1 Å². The van der Waals surface area contributed by atoms with E-state index < -0.39 is 0 Å². The lowest BCUT2D eigenvalue weighted by Crippen LogP contribution is -2.19. The van der Waals surface area contributed by atoms with E-state index in [4.69, 9.17) is 0 Å². The fourth-order valence-corrected chi connectivity index (χ4v) is 2.27. The van der Waals surface area contributed by atoms with Gasteiger partial charge in [0.2, 0.25) is 0 Å². The van der Waals surface area contributed by atoms with Gasteiger partial charge < -0.3 is 4.90 Å². The molecule has 0 bridgehead atoms. The smallest absolute Gasteiger partial charge is 0.0427 e. The summed E-state index contributed by atoms with van der Waals surface area (Å²) in [5, 5.41) is 0. The molecule has 0 radical (unpaired) electrons. The minimum atomic E-state index is 0.946. The van der Waals surface area contributed by atoms with Crippen LogP contribution in [0.4, 0.5) is 0 Å². The first-order valence-corrected chi connectivity index (χ1v) is 7.14. The highest BCUT2D eigenvalue weighted by Gasteiger charge is 2.03. The molecular weight excluding hydrogens is 256 g/mol. The van der Waals surface area contributed by atoms with E-state index in [2.05, 4.69) is 70.7 Å². The molecule has 2 heteroatoms. The van der Waals surface area contributed by atoms with Crippen molar-refractivity contribution in [1.82, 2.24) is 9.88 Å². The molecule has 0 unspecified atom stereocenters. The number of hydrogen-bond acceptors (Lipinski definition) is 2. The molecule has 1 aromatic carbocycles. The Kier molecular flexibility index (Phi) is 4.27. The first-order valence-electron chi connectivity index (χ1n) is 7.14. The molecule has 0 atom stereocenters. The van der Waals surface area contributed by atoms with Crippen molar-refractivity contribution >= 4 is 6.08 Å². The molecule has 0 saturated heterocycles. The van der Waals surface area contributed by atoms with E-state index in [0.29, 0.717) is 0 Å². The molecule has 2 nitrogen and oxygen atoms in total. The number of pyridine rings is 1. The summed E-state index contributed by atoms with van der Waals surface area (Å²) in [6.07, 6.45) is 14.5. The van der Waals surface area contributed by atoms with Crippen molar-refractivity contribution in [2.45, 2.75) is 6.54 Å². The maximum Gasteiger partial charge on any atom is 0.0427 e. The van der Waals surface area contributed by atoms with Gasteiger partial charge in [-0.1, -0.05) is 48.6 Å². The molecular formula is C19H18N2. The molecule has 0 fully saturated rings.